The molecule has 1 heterocycles. The summed E-state index contributed by atoms with van der Waals surface area (Å²) in [6.45, 7) is 2.83. The summed E-state index contributed by atoms with van der Waals surface area (Å²) >= 11 is 0. The van der Waals surface area contributed by atoms with Crippen LogP contribution < -0.4 is 5.32 Å². The Morgan fingerprint density at radius 1 is 1.17 bits per heavy atom. The first kappa shape index (κ1) is 16.5. The number of nitrogens with zero attached hydrogens (tertiary/aromatic N) is 1. The van der Waals surface area contributed by atoms with Crippen LogP contribution in [0.5, 0.6) is 0 Å². The van der Waals surface area contributed by atoms with E-state index in [1.165, 1.54) is 11.1 Å². The molecular formula is C20H24N2O2. The van der Waals surface area contributed by atoms with Crippen molar-refractivity contribution < 1.29 is 9.90 Å². The highest BCUT2D eigenvalue weighted by Crippen LogP contribution is 2.25. The average molecular weight is 324 g/mol. The predicted molar refractivity (Wildman–Crippen MR) is 97.1 cm³/mol. The van der Waals surface area contributed by atoms with Gasteiger partial charge in [-0.25, -0.2) is 4.79 Å². The second kappa shape index (κ2) is 7.49. The lowest BCUT2D eigenvalue weighted by Crippen LogP contribution is -2.47. The Bertz CT molecular complexity index is 697. The summed E-state index contributed by atoms with van der Waals surface area (Å²) < 4.78 is 0. The Morgan fingerprint density at radius 3 is 2.62 bits per heavy atom. The van der Waals surface area contributed by atoms with Crippen molar-refractivity contribution in [3.63, 3.8) is 0 Å². The normalized spacial score (nSPS) is 17.6. The van der Waals surface area contributed by atoms with Gasteiger partial charge in [0.25, 0.3) is 0 Å². The van der Waals surface area contributed by atoms with Crippen molar-refractivity contribution in [2.45, 2.75) is 32.2 Å². The molecule has 4 heteroatoms. The number of aliphatic hydroxyl groups is 1. The van der Waals surface area contributed by atoms with Crippen LogP contribution in [-0.2, 0) is 0 Å². The number of piperidine rings is 1. The Morgan fingerprint density at radius 2 is 1.92 bits per heavy atom. The predicted octanol–water partition coefficient (Wildman–Crippen LogP) is 4.04. The maximum absolute atomic E-state index is 12.4. The molecule has 0 aromatic heterocycles. The van der Waals surface area contributed by atoms with E-state index in [2.05, 4.69) is 24.4 Å². The molecule has 126 valence electrons. The number of aliphatic hydroxyl groups excluding tert-OH is 1. The summed E-state index contributed by atoms with van der Waals surface area (Å²) in [6.07, 6.45) is 2.94. The highest BCUT2D eigenvalue weighted by molar-refractivity contribution is 5.90. The molecule has 1 saturated heterocycles. The van der Waals surface area contributed by atoms with Crippen molar-refractivity contribution in [1.82, 2.24) is 4.90 Å². The smallest absolute Gasteiger partial charge is 0.322 e. The van der Waals surface area contributed by atoms with Crippen molar-refractivity contribution in [3.8, 4) is 11.1 Å². The SMILES string of the molecule is Cc1ccccc1-c1ccc(NC(=O)N2CCCC[C@@H]2CO)cc1. The maximum Gasteiger partial charge on any atom is 0.322 e. The van der Waals surface area contributed by atoms with Crippen LogP contribution in [0.1, 0.15) is 24.8 Å². The minimum Gasteiger partial charge on any atom is -0.394 e. The van der Waals surface area contributed by atoms with Crippen molar-refractivity contribution in [1.29, 1.82) is 0 Å². The number of hydrogen-bond donors (Lipinski definition) is 2. The number of nitrogens with one attached hydrogen (secondary N) is 1. The Balaban J connectivity index is 1.70. The number of rotatable bonds is 3. The molecule has 0 unspecified atom stereocenters. The Kier molecular flexibility index (Phi) is 5.16. The van der Waals surface area contributed by atoms with Crippen LogP contribution >= 0.6 is 0 Å². The molecule has 2 amide bonds. The third kappa shape index (κ3) is 3.60. The van der Waals surface area contributed by atoms with Gasteiger partial charge in [-0.15, -0.1) is 0 Å². The number of carbonyl (C=O) groups excluding carboxylic acids is 1. The molecule has 1 aliphatic heterocycles. The zero-order valence-corrected chi connectivity index (χ0v) is 14.0. The monoisotopic (exact) mass is 324 g/mol. The van der Waals surface area contributed by atoms with Gasteiger partial charge < -0.3 is 15.3 Å². The van der Waals surface area contributed by atoms with Gasteiger partial charge in [-0.2, -0.15) is 0 Å². The van der Waals surface area contributed by atoms with E-state index in [9.17, 15) is 9.90 Å². The zero-order valence-electron chi connectivity index (χ0n) is 14.0. The second-order valence-electron chi connectivity index (χ2n) is 6.35. The lowest BCUT2D eigenvalue weighted by atomic mass is 10.0. The van der Waals surface area contributed by atoms with Crippen LogP contribution in [0.2, 0.25) is 0 Å². The minimum absolute atomic E-state index is 0.0274. The van der Waals surface area contributed by atoms with E-state index >= 15 is 0 Å². The Hall–Kier alpha value is -2.33. The van der Waals surface area contributed by atoms with Crippen LogP contribution in [0.25, 0.3) is 11.1 Å². The fourth-order valence-electron chi connectivity index (χ4n) is 3.28. The van der Waals surface area contributed by atoms with Crippen LogP contribution in [0, 0.1) is 6.92 Å². The molecule has 2 aromatic carbocycles. The summed E-state index contributed by atoms with van der Waals surface area (Å²) in [5.74, 6) is 0. The van der Waals surface area contributed by atoms with Crippen LogP contribution in [0.3, 0.4) is 0 Å². The van der Waals surface area contributed by atoms with E-state index < -0.39 is 0 Å². The molecule has 1 fully saturated rings. The van der Waals surface area contributed by atoms with Crippen molar-refractivity contribution >= 4 is 11.7 Å². The van der Waals surface area contributed by atoms with Crippen LogP contribution in [0.4, 0.5) is 10.5 Å². The number of aryl methyl sites for hydroxylation is 1. The van der Waals surface area contributed by atoms with Crippen molar-refractivity contribution in [3.05, 3.63) is 54.1 Å². The van der Waals surface area contributed by atoms with E-state index in [-0.39, 0.29) is 18.7 Å². The molecule has 0 aliphatic carbocycles. The number of hydrogen-bond acceptors (Lipinski definition) is 2. The molecule has 2 aromatic rings. The molecule has 0 bridgehead atoms. The molecule has 2 N–H and O–H groups in total. The minimum atomic E-state index is -0.127. The molecule has 0 saturated carbocycles. The van der Waals surface area contributed by atoms with E-state index in [1.807, 2.05) is 36.4 Å². The number of carbonyl (C=O) groups is 1. The van der Waals surface area contributed by atoms with E-state index in [0.29, 0.717) is 6.54 Å². The van der Waals surface area contributed by atoms with Gasteiger partial charge in [-0.3, -0.25) is 0 Å². The quantitative estimate of drug-likeness (QED) is 0.895. The molecule has 1 atom stereocenters. The van der Waals surface area contributed by atoms with Crippen molar-refractivity contribution in [2.75, 3.05) is 18.5 Å². The zero-order chi connectivity index (χ0) is 16.9. The first-order valence-corrected chi connectivity index (χ1v) is 8.53. The van der Waals surface area contributed by atoms with Crippen molar-refractivity contribution in [2.24, 2.45) is 0 Å². The average Bonchev–Trinajstić information content (AvgIpc) is 2.63. The molecular weight excluding hydrogens is 300 g/mol. The fraction of sp³-hybridized carbons (Fsp3) is 0.350. The van der Waals surface area contributed by atoms with Crippen LogP contribution in [-0.4, -0.2) is 35.2 Å². The lowest BCUT2D eigenvalue weighted by molar-refractivity contribution is 0.115. The van der Waals surface area contributed by atoms with Gasteiger partial charge in [0, 0.05) is 12.2 Å². The third-order valence-electron chi connectivity index (χ3n) is 4.69. The molecule has 0 radical (unpaired) electrons. The molecule has 4 nitrogen and oxygen atoms in total. The number of urea groups is 1. The first-order valence-electron chi connectivity index (χ1n) is 8.53. The highest BCUT2D eigenvalue weighted by atomic mass is 16.3. The lowest BCUT2D eigenvalue weighted by Gasteiger charge is -2.34. The number of benzene rings is 2. The largest absolute Gasteiger partial charge is 0.394 e. The highest BCUT2D eigenvalue weighted by Gasteiger charge is 2.25. The fourth-order valence-corrected chi connectivity index (χ4v) is 3.28. The van der Waals surface area contributed by atoms with Gasteiger partial charge in [0.05, 0.1) is 12.6 Å². The van der Waals surface area contributed by atoms with Gasteiger partial charge in [0.15, 0.2) is 0 Å². The summed E-state index contributed by atoms with van der Waals surface area (Å²) in [5, 5.41) is 12.4. The van der Waals surface area contributed by atoms with Crippen LogP contribution in [0.15, 0.2) is 48.5 Å². The summed E-state index contributed by atoms with van der Waals surface area (Å²) in [5.41, 5.74) is 4.34. The first-order chi connectivity index (χ1) is 11.7. The number of anilines is 1. The molecule has 0 spiro atoms. The summed E-state index contributed by atoms with van der Waals surface area (Å²) in [6, 6.07) is 16.0. The van der Waals surface area contributed by atoms with Gasteiger partial charge >= 0.3 is 6.03 Å². The van der Waals surface area contributed by atoms with Gasteiger partial charge in [-0.05, 0) is 55.0 Å². The van der Waals surface area contributed by atoms with E-state index in [4.69, 9.17) is 0 Å². The summed E-state index contributed by atoms with van der Waals surface area (Å²) in [4.78, 5) is 14.2. The van der Waals surface area contributed by atoms with Gasteiger partial charge in [-0.1, -0.05) is 36.4 Å². The Labute approximate surface area is 143 Å². The molecule has 1 aliphatic rings. The van der Waals surface area contributed by atoms with E-state index in [0.717, 1.165) is 30.5 Å². The number of amides is 2. The number of likely N-dealkylation sites (tertiary alicyclic amines) is 1. The summed E-state index contributed by atoms with van der Waals surface area (Å²) in [7, 11) is 0. The van der Waals surface area contributed by atoms with E-state index in [1.54, 1.807) is 4.90 Å². The standard InChI is InChI=1S/C20H24N2O2/c1-15-6-2-3-8-19(15)16-9-11-17(12-10-16)21-20(24)22-13-5-4-7-18(22)14-23/h2-3,6,8-12,18,23H,4-5,7,13-14H2,1H3,(H,21,24)/t18-/m1/s1. The third-order valence-corrected chi connectivity index (χ3v) is 4.69. The molecule has 3 rings (SSSR count). The maximum atomic E-state index is 12.4. The second-order valence-corrected chi connectivity index (χ2v) is 6.35. The molecule has 24 heavy (non-hydrogen) atoms. The van der Waals surface area contributed by atoms with Gasteiger partial charge in [0.2, 0.25) is 0 Å². The topological polar surface area (TPSA) is 52.6 Å². The van der Waals surface area contributed by atoms with Gasteiger partial charge in [0.1, 0.15) is 0 Å².